The lowest BCUT2D eigenvalue weighted by atomic mass is 10.1. The third-order valence-electron chi connectivity index (χ3n) is 3.32. The number of carbonyl (C=O) groups excluding carboxylic acids is 3. The maximum atomic E-state index is 12.1. The van der Waals surface area contributed by atoms with E-state index < -0.39 is 17.7 Å². The molecule has 108 valence electrons. The number of nitrogens with zero attached hydrogens (tertiary/aromatic N) is 1. The van der Waals surface area contributed by atoms with Crippen molar-refractivity contribution in [2.45, 2.75) is 0 Å². The van der Waals surface area contributed by atoms with Crippen molar-refractivity contribution in [3.8, 4) is 5.88 Å². The van der Waals surface area contributed by atoms with Gasteiger partial charge in [0.2, 0.25) is 5.78 Å². The molecule has 0 fully saturated rings. The summed E-state index contributed by atoms with van der Waals surface area (Å²) in [5, 5.41) is 0. The van der Waals surface area contributed by atoms with Gasteiger partial charge in [0.25, 0.3) is 0 Å². The highest BCUT2D eigenvalue weighted by Crippen LogP contribution is 2.32. The number of ketones is 1. The van der Waals surface area contributed by atoms with Crippen molar-refractivity contribution in [2.24, 2.45) is 0 Å². The summed E-state index contributed by atoms with van der Waals surface area (Å²) < 4.78 is 16.2. The van der Waals surface area contributed by atoms with E-state index in [2.05, 4.69) is 0 Å². The van der Waals surface area contributed by atoms with Gasteiger partial charge in [-0.15, -0.1) is 0 Å². The zero-order valence-electron chi connectivity index (χ0n) is 11.3. The molecule has 0 amide bonds. The van der Waals surface area contributed by atoms with E-state index in [4.69, 9.17) is 14.2 Å². The molecule has 21 heavy (non-hydrogen) atoms. The van der Waals surface area contributed by atoms with Gasteiger partial charge in [0.05, 0.1) is 19.7 Å². The van der Waals surface area contributed by atoms with Crippen LogP contribution in [0, 0.1) is 0 Å². The number of hydrogen-bond acceptors (Lipinski definition) is 6. The molecule has 0 saturated heterocycles. The molecule has 0 bridgehead atoms. The van der Waals surface area contributed by atoms with Gasteiger partial charge in [0.1, 0.15) is 16.8 Å². The van der Waals surface area contributed by atoms with Crippen LogP contribution in [-0.2, 0) is 9.47 Å². The van der Waals surface area contributed by atoms with Crippen LogP contribution in [0.25, 0.3) is 5.52 Å². The molecule has 2 aromatic rings. The number of rotatable bonds is 2. The molecular formula is C14H11NO6. The number of hydrogen-bond donors (Lipinski definition) is 0. The SMILES string of the molecule is COC(=O)c1c(C(=O)OC)c2cccc3n2c1C(=O)CO3. The molecule has 0 radical (unpaired) electrons. The lowest BCUT2D eigenvalue weighted by Crippen LogP contribution is -2.23. The highest BCUT2D eigenvalue weighted by molar-refractivity contribution is 6.16. The number of esters is 2. The van der Waals surface area contributed by atoms with Crippen molar-refractivity contribution >= 4 is 23.2 Å². The van der Waals surface area contributed by atoms with Crippen molar-refractivity contribution in [3.63, 3.8) is 0 Å². The first kappa shape index (κ1) is 13.2. The smallest absolute Gasteiger partial charge is 0.341 e. The Labute approximate surface area is 119 Å². The maximum absolute atomic E-state index is 12.1. The first-order chi connectivity index (χ1) is 10.1. The summed E-state index contributed by atoms with van der Waals surface area (Å²) in [5.74, 6) is -1.51. The van der Waals surface area contributed by atoms with Crippen LogP contribution in [0.2, 0.25) is 0 Å². The van der Waals surface area contributed by atoms with Crippen LogP contribution in [0.3, 0.4) is 0 Å². The number of Topliss-reactive ketones (excluding diaryl/α,β-unsaturated/α-hetero) is 1. The van der Waals surface area contributed by atoms with Gasteiger partial charge >= 0.3 is 11.9 Å². The Morgan fingerprint density at radius 2 is 1.81 bits per heavy atom. The van der Waals surface area contributed by atoms with Gasteiger partial charge in [-0.1, -0.05) is 6.07 Å². The standard InChI is InChI=1S/C14H11NO6/c1-19-13(17)10-7-4-3-5-9-15(7)12(8(16)6-21-9)11(10)14(18)20-2/h3-5H,6H2,1-2H3. The topological polar surface area (TPSA) is 83.3 Å². The number of aromatic nitrogens is 1. The van der Waals surface area contributed by atoms with E-state index in [-0.39, 0.29) is 23.4 Å². The van der Waals surface area contributed by atoms with Crippen LogP contribution in [0.15, 0.2) is 18.2 Å². The van der Waals surface area contributed by atoms with E-state index in [0.717, 1.165) is 0 Å². The van der Waals surface area contributed by atoms with Crippen molar-refractivity contribution < 1.29 is 28.6 Å². The highest BCUT2D eigenvalue weighted by Gasteiger charge is 2.35. The van der Waals surface area contributed by atoms with Gasteiger partial charge < -0.3 is 14.2 Å². The third-order valence-corrected chi connectivity index (χ3v) is 3.32. The average Bonchev–Trinajstić information content (AvgIpc) is 2.86. The van der Waals surface area contributed by atoms with Crippen LogP contribution >= 0.6 is 0 Å². The molecule has 2 aromatic heterocycles. The average molecular weight is 289 g/mol. The summed E-state index contributed by atoms with van der Waals surface area (Å²) in [5.41, 5.74) is 0.354. The monoisotopic (exact) mass is 289 g/mol. The summed E-state index contributed by atoms with van der Waals surface area (Å²) in [4.78, 5) is 36.2. The molecule has 3 heterocycles. The normalized spacial score (nSPS) is 13.0. The van der Waals surface area contributed by atoms with Gasteiger partial charge in [0.15, 0.2) is 12.5 Å². The van der Waals surface area contributed by atoms with Crippen LogP contribution in [0.5, 0.6) is 5.88 Å². The lowest BCUT2D eigenvalue weighted by Gasteiger charge is -2.15. The molecule has 7 heteroatoms. The van der Waals surface area contributed by atoms with Crippen molar-refractivity contribution in [1.82, 2.24) is 4.40 Å². The fourth-order valence-electron chi connectivity index (χ4n) is 2.47. The second kappa shape index (κ2) is 4.62. The van der Waals surface area contributed by atoms with Crippen LogP contribution in [0.4, 0.5) is 0 Å². The molecule has 7 nitrogen and oxygen atoms in total. The maximum Gasteiger partial charge on any atom is 0.341 e. The minimum absolute atomic E-state index is 0.0000463. The summed E-state index contributed by atoms with van der Waals surface area (Å²) in [7, 11) is 2.39. The summed E-state index contributed by atoms with van der Waals surface area (Å²) in [6.07, 6.45) is 0. The summed E-state index contributed by atoms with van der Waals surface area (Å²) in [6, 6.07) is 4.91. The minimum atomic E-state index is -0.768. The third kappa shape index (κ3) is 1.70. The van der Waals surface area contributed by atoms with Crippen LogP contribution < -0.4 is 4.74 Å². The Morgan fingerprint density at radius 3 is 2.48 bits per heavy atom. The van der Waals surface area contributed by atoms with Crippen LogP contribution in [0.1, 0.15) is 31.2 Å². The Balaban J connectivity index is 2.50. The molecular weight excluding hydrogens is 278 g/mol. The highest BCUT2D eigenvalue weighted by atomic mass is 16.5. The van der Waals surface area contributed by atoms with E-state index in [1.807, 2.05) is 0 Å². The van der Waals surface area contributed by atoms with Crippen molar-refractivity contribution in [1.29, 1.82) is 0 Å². The number of pyridine rings is 1. The van der Waals surface area contributed by atoms with Gasteiger partial charge in [-0.2, -0.15) is 0 Å². The number of methoxy groups -OCH3 is 2. The summed E-state index contributed by atoms with van der Waals surface area (Å²) >= 11 is 0. The lowest BCUT2D eigenvalue weighted by molar-refractivity contribution is 0.0555. The minimum Gasteiger partial charge on any atom is -0.470 e. The van der Waals surface area contributed by atoms with Gasteiger partial charge in [-0.3, -0.25) is 9.20 Å². The molecule has 0 atom stereocenters. The molecule has 0 unspecified atom stereocenters. The first-order valence-electron chi connectivity index (χ1n) is 6.10. The second-order valence-electron chi connectivity index (χ2n) is 4.38. The van der Waals surface area contributed by atoms with E-state index >= 15 is 0 Å². The largest absolute Gasteiger partial charge is 0.470 e. The van der Waals surface area contributed by atoms with E-state index in [0.29, 0.717) is 11.4 Å². The summed E-state index contributed by atoms with van der Waals surface area (Å²) in [6.45, 7) is -0.201. The molecule has 1 aliphatic rings. The quantitative estimate of drug-likeness (QED) is 0.769. The fourth-order valence-corrected chi connectivity index (χ4v) is 2.47. The molecule has 0 aliphatic carbocycles. The molecule has 0 spiro atoms. The molecule has 0 saturated carbocycles. The van der Waals surface area contributed by atoms with Gasteiger partial charge in [0, 0.05) is 0 Å². The second-order valence-corrected chi connectivity index (χ2v) is 4.38. The number of carbonyl (C=O) groups is 3. The Hall–Kier alpha value is -2.83. The van der Waals surface area contributed by atoms with E-state index in [1.165, 1.54) is 18.6 Å². The van der Waals surface area contributed by atoms with Gasteiger partial charge in [-0.25, -0.2) is 9.59 Å². The molecule has 0 N–H and O–H groups in total. The Kier molecular flexibility index (Phi) is 2.90. The van der Waals surface area contributed by atoms with Crippen LogP contribution in [-0.4, -0.2) is 42.9 Å². The predicted molar refractivity (Wildman–Crippen MR) is 69.9 cm³/mol. The zero-order valence-corrected chi connectivity index (χ0v) is 11.3. The van der Waals surface area contributed by atoms with E-state index in [9.17, 15) is 14.4 Å². The van der Waals surface area contributed by atoms with Crippen molar-refractivity contribution in [2.75, 3.05) is 20.8 Å². The van der Waals surface area contributed by atoms with Crippen molar-refractivity contribution in [3.05, 3.63) is 35.0 Å². The zero-order chi connectivity index (χ0) is 15.1. The first-order valence-corrected chi connectivity index (χ1v) is 6.10. The van der Waals surface area contributed by atoms with Gasteiger partial charge in [-0.05, 0) is 12.1 Å². The number of ether oxygens (including phenoxy) is 3. The molecule has 3 rings (SSSR count). The Morgan fingerprint density at radius 1 is 1.14 bits per heavy atom. The molecule has 0 aromatic carbocycles. The molecule has 1 aliphatic heterocycles. The van der Waals surface area contributed by atoms with E-state index in [1.54, 1.807) is 18.2 Å². The predicted octanol–water partition coefficient (Wildman–Crippen LogP) is 1.09. The Bertz CT molecular complexity index is 788. The fraction of sp³-hybridized carbons (Fsp3) is 0.214.